The number of hydrogen-bond donors (Lipinski definition) is 0. The fourth-order valence-electron chi connectivity index (χ4n) is 1.80. The van der Waals surface area contributed by atoms with Crippen molar-refractivity contribution in [1.29, 1.82) is 0 Å². The molecule has 0 spiro atoms. The van der Waals surface area contributed by atoms with E-state index in [1.54, 1.807) is 0 Å². The van der Waals surface area contributed by atoms with Crippen molar-refractivity contribution in [2.24, 2.45) is 0 Å². The molecule has 0 amide bonds. The highest BCUT2D eigenvalue weighted by atomic mass is 32.2. The predicted octanol–water partition coefficient (Wildman–Crippen LogP) is 2.61. The van der Waals surface area contributed by atoms with Crippen LogP contribution >= 0.6 is 0 Å². The van der Waals surface area contributed by atoms with Crippen LogP contribution in [0.2, 0.25) is 0 Å². The average molecular weight is 284 g/mol. The van der Waals surface area contributed by atoms with Crippen LogP contribution in [0.3, 0.4) is 0 Å². The Morgan fingerprint density at radius 2 is 1.06 bits per heavy atom. The maximum atomic E-state index is 13.1. The van der Waals surface area contributed by atoms with Crippen LogP contribution in [0.15, 0.2) is 56.0 Å². The molecule has 2 aromatic carbocycles. The van der Waals surface area contributed by atoms with Gasteiger partial charge in [0.2, 0.25) is 0 Å². The summed E-state index contributed by atoms with van der Waals surface area (Å²) in [6, 6.07) is 7.17. The number of hydrogen-bond acceptors (Lipinski definition) is 2. The Bertz CT molecular complexity index is 652. The van der Waals surface area contributed by atoms with Crippen molar-refractivity contribution in [3.05, 3.63) is 48.0 Å². The Balaban J connectivity index is 2.31. The van der Waals surface area contributed by atoms with Crippen molar-refractivity contribution < 1.29 is 17.2 Å². The maximum Gasteiger partial charge on any atom is 0.124 e. The van der Waals surface area contributed by atoms with Crippen LogP contribution in [0.5, 0.6) is 0 Å². The van der Waals surface area contributed by atoms with Crippen LogP contribution in [-0.2, 0) is 21.6 Å². The first kappa shape index (κ1) is 11.7. The molecule has 0 aromatic heterocycles. The van der Waals surface area contributed by atoms with E-state index in [-0.39, 0.29) is 19.6 Å². The zero-order chi connectivity index (χ0) is 12.9. The Kier molecular flexibility index (Phi) is 2.64. The standard InChI is InChI=1S/C12H6F2O2S2/c13-7-1-3-9-11(5-7)18(16)10-4-2-8(14)6-12(10)17(9)15/h1-6H. The fourth-order valence-corrected chi connectivity index (χ4v) is 4.99. The van der Waals surface area contributed by atoms with Crippen LogP contribution in [0, 0.1) is 11.6 Å². The Labute approximate surface area is 107 Å². The molecular formula is C12H6F2O2S2. The molecule has 0 aliphatic carbocycles. The molecule has 1 aliphatic heterocycles. The molecule has 2 nitrogen and oxygen atoms in total. The van der Waals surface area contributed by atoms with Gasteiger partial charge in [0.25, 0.3) is 0 Å². The van der Waals surface area contributed by atoms with Crippen LogP contribution < -0.4 is 0 Å². The second-order valence-electron chi connectivity index (χ2n) is 3.72. The molecule has 6 heteroatoms. The topological polar surface area (TPSA) is 34.1 Å². The lowest BCUT2D eigenvalue weighted by atomic mass is 10.3. The van der Waals surface area contributed by atoms with Gasteiger partial charge in [-0.1, -0.05) is 0 Å². The molecule has 1 aliphatic rings. The van der Waals surface area contributed by atoms with E-state index in [4.69, 9.17) is 0 Å². The number of rotatable bonds is 0. The highest BCUT2D eigenvalue weighted by Gasteiger charge is 2.28. The van der Waals surface area contributed by atoms with Gasteiger partial charge in [-0.3, -0.25) is 0 Å². The minimum Gasteiger partial charge on any atom is -0.249 e. The lowest BCUT2D eigenvalue weighted by Crippen LogP contribution is -2.11. The van der Waals surface area contributed by atoms with E-state index in [0.717, 1.165) is 24.3 Å². The highest BCUT2D eigenvalue weighted by molar-refractivity contribution is 7.91. The van der Waals surface area contributed by atoms with Gasteiger partial charge in [-0.25, -0.2) is 17.2 Å². The monoisotopic (exact) mass is 284 g/mol. The van der Waals surface area contributed by atoms with E-state index in [1.807, 2.05) is 0 Å². The van der Waals surface area contributed by atoms with Gasteiger partial charge in [-0.2, -0.15) is 0 Å². The lowest BCUT2D eigenvalue weighted by molar-refractivity contribution is 0.612. The fraction of sp³-hybridized carbons (Fsp3) is 0. The summed E-state index contributed by atoms with van der Waals surface area (Å²) in [5.41, 5.74) is 0. The summed E-state index contributed by atoms with van der Waals surface area (Å²) in [5.74, 6) is -1.07. The van der Waals surface area contributed by atoms with Gasteiger partial charge in [0, 0.05) is 0 Å². The molecule has 3 rings (SSSR count). The third-order valence-electron chi connectivity index (χ3n) is 2.61. The van der Waals surface area contributed by atoms with Crippen molar-refractivity contribution >= 4 is 21.6 Å². The van der Waals surface area contributed by atoms with Gasteiger partial charge in [-0.15, -0.1) is 0 Å². The van der Waals surface area contributed by atoms with Gasteiger partial charge in [-0.05, 0) is 36.4 Å². The normalized spacial score (nSPS) is 21.2. The summed E-state index contributed by atoms with van der Waals surface area (Å²) < 4.78 is 50.7. The predicted molar refractivity (Wildman–Crippen MR) is 62.1 cm³/mol. The Morgan fingerprint density at radius 3 is 1.44 bits per heavy atom. The van der Waals surface area contributed by atoms with E-state index in [1.165, 1.54) is 12.1 Å². The van der Waals surface area contributed by atoms with Gasteiger partial charge in [0.1, 0.15) is 11.6 Å². The summed E-state index contributed by atoms with van der Waals surface area (Å²) in [5, 5.41) is 0. The molecule has 18 heavy (non-hydrogen) atoms. The van der Waals surface area contributed by atoms with Crippen LogP contribution in [0.25, 0.3) is 0 Å². The first-order valence-electron chi connectivity index (χ1n) is 5.00. The minimum absolute atomic E-state index is 0.187. The van der Waals surface area contributed by atoms with Crippen molar-refractivity contribution in [3.63, 3.8) is 0 Å². The summed E-state index contributed by atoms with van der Waals surface area (Å²) in [6.07, 6.45) is 0. The van der Waals surface area contributed by atoms with Crippen LogP contribution in [0.1, 0.15) is 0 Å². The molecular weight excluding hydrogens is 278 g/mol. The largest absolute Gasteiger partial charge is 0.249 e. The summed E-state index contributed by atoms with van der Waals surface area (Å²) in [4.78, 5) is 0.917. The van der Waals surface area contributed by atoms with Crippen molar-refractivity contribution in [3.8, 4) is 0 Å². The highest BCUT2D eigenvalue weighted by Crippen LogP contribution is 2.35. The van der Waals surface area contributed by atoms with Crippen molar-refractivity contribution in [2.45, 2.75) is 19.6 Å². The van der Waals surface area contributed by atoms with E-state index in [9.17, 15) is 17.2 Å². The SMILES string of the molecule is O=S1c2ccc(F)cc2S(=O)c2ccc(F)cc21. The van der Waals surface area contributed by atoms with Crippen molar-refractivity contribution in [1.82, 2.24) is 0 Å². The lowest BCUT2D eigenvalue weighted by Gasteiger charge is -2.18. The maximum absolute atomic E-state index is 13.1. The number of benzene rings is 2. The van der Waals surface area contributed by atoms with E-state index < -0.39 is 33.2 Å². The molecule has 2 aromatic rings. The summed E-state index contributed by atoms with van der Waals surface area (Å²) in [7, 11) is -3.26. The summed E-state index contributed by atoms with van der Waals surface area (Å²) in [6.45, 7) is 0. The third kappa shape index (κ3) is 1.64. The molecule has 0 bridgehead atoms. The van der Waals surface area contributed by atoms with E-state index in [2.05, 4.69) is 0 Å². The average Bonchev–Trinajstić information content (AvgIpc) is 2.36. The molecule has 0 N–H and O–H groups in total. The second kappa shape index (κ2) is 4.07. The van der Waals surface area contributed by atoms with E-state index in [0.29, 0.717) is 0 Å². The molecule has 0 radical (unpaired) electrons. The van der Waals surface area contributed by atoms with Gasteiger partial charge < -0.3 is 0 Å². The van der Waals surface area contributed by atoms with E-state index >= 15 is 0 Å². The van der Waals surface area contributed by atoms with Crippen LogP contribution in [-0.4, -0.2) is 8.42 Å². The molecule has 0 saturated heterocycles. The first-order valence-corrected chi connectivity index (χ1v) is 7.30. The Hall–Kier alpha value is -1.40. The molecule has 2 unspecified atom stereocenters. The zero-order valence-electron chi connectivity index (χ0n) is 8.85. The number of fused-ring (bicyclic) bond motifs is 2. The molecule has 0 saturated carbocycles. The first-order chi connectivity index (χ1) is 8.58. The zero-order valence-corrected chi connectivity index (χ0v) is 10.5. The summed E-state index contributed by atoms with van der Waals surface area (Å²) >= 11 is 0. The molecule has 92 valence electrons. The molecule has 0 fully saturated rings. The second-order valence-corrected chi connectivity index (χ2v) is 6.55. The Morgan fingerprint density at radius 1 is 0.667 bits per heavy atom. The third-order valence-corrected chi connectivity index (χ3v) is 5.85. The van der Waals surface area contributed by atoms with Gasteiger partial charge in [0.15, 0.2) is 0 Å². The molecule has 2 atom stereocenters. The van der Waals surface area contributed by atoms with Gasteiger partial charge in [0.05, 0.1) is 41.2 Å². The van der Waals surface area contributed by atoms with Crippen molar-refractivity contribution in [2.75, 3.05) is 0 Å². The molecule has 1 heterocycles. The van der Waals surface area contributed by atoms with Gasteiger partial charge >= 0.3 is 0 Å². The quantitative estimate of drug-likeness (QED) is 0.636. The minimum atomic E-state index is -1.63. The smallest absolute Gasteiger partial charge is 0.124 e. The van der Waals surface area contributed by atoms with Crippen LogP contribution in [0.4, 0.5) is 8.78 Å². The number of halogens is 2.